The molecule has 7 heteroatoms. The van der Waals surface area contributed by atoms with E-state index in [4.69, 9.17) is 4.74 Å². The molecule has 2 N–H and O–H groups in total. The maximum absolute atomic E-state index is 15.6. The van der Waals surface area contributed by atoms with E-state index >= 15 is 4.39 Å². The minimum absolute atomic E-state index is 0.00655. The minimum Gasteiger partial charge on any atom is -0.393 e. The fraction of sp³-hybridized carbons (Fsp3) is 0.778. The van der Waals surface area contributed by atoms with Crippen molar-refractivity contribution in [1.29, 1.82) is 0 Å². The van der Waals surface area contributed by atoms with Crippen molar-refractivity contribution in [3.05, 3.63) is 23.6 Å². The number of rotatable bonds is 7. The van der Waals surface area contributed by atoms with Crippen molar-refractivity contribution >= 4 is 11.6 Å². The third-order valence-electron chi connectivity index (χ3n) is 9.73. The van der Waals surface area contributed by atoms with Crippen LogP contribution in [-0.4, -0.2) is 52.9 Å². The lowest BCUT2D eigenvalue weighted by atomic mass is 9.45. The van der Waals surface area contributed by atoms with E-state index in [0.29, 0.717) is 13.0 Å². The van der Waals surface area contributed by atoms with Gasteiger partial charge in [0.25, 0.3) is 0 Å². The van der Waals surface area contributed by atoms with Crippen molar-refractivity contribution in [3.8, 4) is 0 Å². The molecular formula is C27H38F2O5. The van der Waals surface area contributed by atoms with E-state index in [1.807, 2.05) is 13.8 Å². The van der Waals surface area contributed by atoms with E-state index in [0.717, 1.165) is 25.3 Å². The van der Waals surface area contributed by atoms with E-state index < -0.39 is 52.8 Å². The molecule has 4 aliphatic rings. The van der Waals surface area contributed by atoms with Gasteiger partial charge in [-0.05, 0) is 49.5 Å². The normalized spacial score (nSPS) is 45.7. The summed E-state index contributed by atoms with van der Waals surface area (Å²) in [6.45, 7) is 7.40. The molecule has 0 aromatic heterocycles. The van der Waals surface area contributed by atoms with Crippen molar-refractivity contribution < 1.29 is 33.3 Å². The predicted octanol–water partition coefficient (Wildman–Crippen LogP) is 4.26. The molecule has 0 spiro atoms. The first-order valence-electron chi connectivity index (χ1n) is 12.7. The van der Waals surface area contributed by atoms with E-state index in [1.165, 1.54) is 0 Å². The highest BCUT2D eigenvalue weighted by atomic mass is 19.1. The van der Waals surface area contributed by atoms with Crippen LogP contribution in [0.4, 0.5) is 8.78 Å². The molecule has 5 nitrogen and oxygen atoms in total. The number of carbonyl (C=O) groups is 2. The topological polar surface area (TPSA) is 83.8 Å². The Kier molecular flexibility index (Phi) is 6.71. The number of unbranched alkanes of at least 4 members (excludes halogenated alkanes) is 2. The largest absolute Gasteiger partial charge is 0.393 e. The molecule has 34 heavy (non-hydrogen) atoms. The first kappa shape index (κ1) is 25.6. The van der Waals surface area contributed by atoms with Gasteiger partial charge < -0.3 is 14.9 Å². The molecule has 0 bridgehead atoms. The molecule has 4 rings (SSSR count). The third kappa shape index (κ3) is 3.33. The lowest BCUT2D eigenvalue weighted by Gasteiger charge is -2.60. The van der Waals surface area contributed by atoms with Gasteiger partial charge in [-0.2, -0.15) is 0 Å². The van der Waals surface area contributed by atoms with Crippen LogP contribution in [0, 0.1) is 34.5 Å². The van der Waals surface area contributed by atoms with Crippen LogP contribution in [0.2, 0.25) is 0 Å². The van der Waals surface area contributed by atoms with Gasteiger partial charge in [0.2, 0.25) is 5.78 Å². The Morgan fingerprint density at radius 1 is 1.26 bits per heavy atom. The molecular weight excluding hydrogens is 442 g/mol. The number of carbonyl (C=O) groups excluding carboxylic acids is 2. The summed E-state index contributed by atoms with van der Waals surface area (Å²) >= 11 is 0. The molecule has 0 heterocycles. The molecule has 0 radical (unpaired) electrons. The second-order valence-electron chi connectivity index (χ2n) is 11.4. The van der Waals surface area contributed by atoms with Crippen LogP contribution in [0.5, 0.6) is 0 Å². The number of aliphatic hydroxyl groups excluding tert-OH is 2. The van der Waals surface area contributed by atoms with E-state index in [9.17, 15) is 24.2 Å². The van der Waals surface area contributed by atoms with Crippen molar-refractivity contribution in [2.45, 2.75) is 84.1 Å². The maximum atomic E-state index is 15.6. The van der Waals surface area contributed by atoms with Crippen molar-refractivity contribution in [3.63, 3.8) is 0 Å². The van der Waals surface area contributed by atoms with E-state index in [2.05, 4.69) is 6.92 Å². The van der Waals surface area contributed by atoms with Crippen LogP contribution in [0.1, 0.15) is 66.2 Å². The molecule has 4 aliphatic carbocycles. The summed E-state index contributed by atoms with van der Waals surface area (Å²) in [5.74, 6) is -3.43. The van der Waals surface area contributed by atoms with Crippen LogP contribution in [0.25, 0.3) is 0 Å². The van der Waals surface area contributed by atoms with Crippen LogP contribution in [0.3, 0.4) is 0 Å². The van der Waals surface area contributed by atoms with Crippen molar-refractivity contribution in [2.75, 3.05) is 13.2 Å². The van der Waals surface area contributed by atoms with Gasteiger partial charge in [-0.1, -0.05) is 46.6 Å². The summed E-state index contributed by atoms with van der Waals surface area (Å²) in [5, 5.41) is 21.5. The Morgan fingerprint density at radius 3 is 2.62 bits per heavy atom. The van der Waals surface area contributed by atoms with Crippen LogP contribution < -0.4 is 0 Å². The first-order valence-corrected chi connectivity index (χ1v) is 12.7. The highest BCUT2D eigenvalue weighted by Crippen LogP contribution is 2.69. The van der Waals surface area contributed by atoms with Gasteiger partial charge in [0.1, 0.15) is 18.4 Å². The number of hydrogen-bond acceptors (Lipinski definition) is 5. The number of ketones is 2. The highest BCUT2D eigenvalue weighted by Gasteiger charge is 2.72. The second-order valence-corrected chi connectivity index (χ2v) is 11.4. The Bertz CT molecular complexity index is 915. The molecule has 190 valence electrons. The standard InChI is InChI=1S/C27H38F2O5/c1-5-6-7-10-34-27(21(33)14-30)15(2)11-17-16-12-18(28)23-24(29)19(31)8-9-25(23,3)22(16)20(32)13-26(17,27)4/h8-9,15-18,20,22,30,32H,5-7,10-14H2,1-4H3/t15?,16-,17-,18?,20?,22+,25+,26-,27-/m0/s1. The lowest BCUT2D eigenvalue weighted by Crippen LogP contribution is -2.64. The summed E-state index contributed by atoms with van der Waals surface area (Å²) in [6, 6.07) is 0. The lowest BCUT2D eigenvalue weighted by molar-refractivity contribution is -0.201. The number of allylic oxidation sites excluding steroid dienone is 4. The zero-order valence-corrected chi connectivity index (χ0v) is 20.7. The number of hydrogen-bond donors (Lipinski definition) is 2. The van der Waals surface area contributed by atoms with Crippen molar-refractivity contribution in [2.24, 2.45) is 34.5 Å². The molecule has 0 saturated heterocycles. The molecule has 0 aromatic rings. The number of fused-ring (bicyclic) bond motifs is 5. The van der Waals surface area contributed by atoms with Gasteiger partial charge in [0, 0.05) is 28.9 Å². The van der Waals surface area contributed by atoms with Crippen LogP contribution in [-0.2, 0) is 14.3 Å². The first-order chi connectivity index (χ1) is 16.0. The average molecular weight is 481 g/mol. The number of aliphatic hydroxyl groups is 2. The highest BCUT2D eigenvalue weighted by molar-refractivity contribution is 6.04. The number of halogens is 2. The monoisotopic (exact) mass is 480 g/mol. The average Bonchev–Trinajstić information content (AvgIpc) is 3.00. The van der Waals surface area contributed by atoms with E-state index in [-0.39, 0.29) is 42.0 Å². The molecule has 3 unspecified atom stereocenters. The number of ether oxygens (including phenoxy) is 1. The smallest absolute Gasteiger partial charge is 0.213 e. The van der Waals surface area contributed by atoms with Gasteiger partial charge in [-0.25, -0.2) is 8.78 Å². The van der Waals surface area contributed by atoms with E-state index in [1.54, 1.807) is 13.0 Å². The molecule has 0 aromatic carbocycles. The number of Topliss-reactive ketones (excluding diaryl/α,β-unsaturated/α-hetero) is 1. The Morgan fingerprint density at radius 2 is 1.97 bits per heavy atom. The summed E-state index contributed by atoms with van der Waals surface area (Å²) < 4.78 is 36.8. The fourth-order valence-corrected chi connectivity index (χ4v) is 8.43. The van der Waals surface area contributed by atoms with Gasteiger partial charge in [-0.15, -0.1) is 0 Å². The van der Waals surface area contributed by atoms with Crippen LogP contribution >= 0.6 is 0 Å². The van der Waals surface area contributed by atoms with Gasteiger partial charge >= 0.3 is 0 Å². The summed E-state index contributed by atoms with van der Waals surface area (Å²) in [7, 11) is 0. The summed E-state index contributed by atoms with van der Waals surface area (Å²) in [5.41, 5.74) is -3.33. The third-order valence-corrected chi connectivity index (χ3v) is 9.73. The summed E-state index contributed by atoms with van der Waals surface area (Å²) in [6.07, 6.45) is 3.70. The van der Waals surface area contributed by atoms with Gasteiger partial charge in [0.05, 0.1) is 6.10 Å². The number of alkyl halides is 1. The minimum atomic E-state index is -1.64. The molecule has 3 saturated carbocycles. The zero-order chi connectivity index (χ0) is 25.1. The van der Waals surface area contributed by atoms with Gasteiger partial charge in [0.15, 0.2) is 11.6 Å². The van der Waals surface area contributed by atoms with Crippen molar-refractivity contribution in [1.82, 2.24) is 0 Å². The zero-order valence-electron chi connectivity index (χ0n) is 20.7. The fourth-order valence-electron chi connectivity index (χ4n) is 8.43. The molecule has 0 aliphatic heterocycles. The SMILES string of the molecule is CCCCCO[C@]1(C(=O)CO)C(C)C[C@H]2[C@@H]3CC(F)C4=C(F)C(=O)C=C[C@]4(C)[C@H]3C(O)C[C@@]21C. The molecule has 0 amide bonds. The Hall–Kier alpha value is -1.44. The summed E-state index contributed by atoms with van der Waals surface area (Å²) in [4.78, 5) is 25.3. The Balaban J connectivity index is 1.77. The maximum Gasteiger partial charge on any atom is 0.213 e. The molecule has 3 fully saturated rings. The predicted molar refractivity (Wildman–Crippen MR) is 123 cm³/mol. The van der Waals surface area contributed by atoms with Crippen LogP contribution in [0.15, 0.2) is 23.6 Å². The molecule has 9 atom stereocenters. The van der Waals surface area contributed by atoms with Gasteiger partial charge in [-0.3, -0.25) is 9.59 Å². The Labute approximate surface area is 200 Å². The second kappa shape index (κ2) is 8.90. The quantitative estimate of drug-likeness (QED) is 0.532.